The lowest BCUT2D eigenvalue weighted by atomic mass is 10.1. The number of carbonyl (C=O) groups is 1. The van der Waals surface area contributed by atoms with Crippen molar-refractivity contribution in [3.63, 3.8) is 0 Å². The van der Waals surface area contributed by atoms with Gasteiger partial charge in [0.05, 0.1) is 12.4 Å². The van der Waals surface area contributed by atoms with Crippen molar-refractivity contribution in [2.45, 2.75) is 0 Å². The van der Waals surface area contributed by atoms with Crippen molar-refractivity contribution in [1.82, 2.24) is 0 Å². The average Bonchev–Trinajstić information content (AvgIpc) is 2.37. The van der Waals surface area contributed by atoms with E-state index in [4.69, 9.17) is 22.9 Å². The van der Waals surface area contributed by atoms with Crippen LogP contribution < -0.4 is 22.9 Å². The Morgan fingerprint density at radius 1 is 0.800 bits per heavy atom. The molecule has 0 amide bonds. The van der Waals surface area contributed by atoms with Crippen molar-refractivity contribution < 1.29 is 4.79 Å². The van der Waals surface area contributed by atoms with E-state index in [1.807, 2.05) is 0 Å². The van der Waals surface area contributed by atoms with Gasteiger partial charge < -0.3 is 22.9 Å². The van der Waals surface area contributed by atoms with Crippen LogP contribution in [0.4, 0.5) is 0 Å². The maximum atomic E-state index is 10.9. The number of carbonyl (C=O) groups excluding carboxylic acids is 1. The molecule has 104 valence electrons. The van der Waals surface area contributed by atoms with Gasteiger partial charge in [-0.2, -0.15) is 10.2 Å². The Hall–Kier alpha value is -3.23. The number of hydrogen-bond donors (Lipinski definition) is 4. The van der Waals surface area contributed by atoms with Gasteiger partial charge in [-0.05, 0) is 29.3 Å². The summed E-state index contributed by atoms with van der Waals surface area (Å²) in [5.41, 5.74) is 22.2. The highest BCUT2D eigenvalue weighted by Crippen LogP contribution is 2.06. The molecule has 0 heterocycles. The van der Waals surface area contributed by atoms with Gasteiger partial charge in [-0.15, -0.1) is 10.2 Å². The lowest BCUT2D eigenvalue weighted by molar-refractivity contribution is 0.112. The summed E-state index contributed by atoms with van der Waals surface area (Å²) in [5.74, 6) is -0.329. The summed E-state index contributed by atoms with van der Waals surface area (Å²) in [5, 5.41) is 14.2. The van der Waals surface area contributed by atoms with E-state index in [0.717, 1.165) is 0 Å². The fourth-order valence-corrected chi connectivity index (χ4v) is 1.24. The quantitative estimate of drug-likeness (QED) is 0.226. The van der Waals surface area contributed by atoms with Crippen LogP contribution in [-0.2, 0) is 0 Å². The van der Waals surface area contributed by atoms with Crippen LogP contribution in [-0.4, -0.2) is 30.6 Å². The van der Waals surface area contributed by atoms with Gasteiger partial charge in [-0.3, -0.25) is 4.79 Å². The number of guanidine groups is 2. The monoisotopic (exact) mass is 274 g/mol. The number of rotatable bonds is 5. The molecule has 0 aliphatic rings. The van der Waals surface area contributed by atoms with Crippen molar-refractivity contribution in [2.24, 2.45) is 43.3 Å². The molecule has 0 radical (unpaired) electrons. The summed E-state index contributed by atoms with van der Waals surface area (Å²) in [7, 11) is 0. The van der Waals surface area contributed by atoms with Crippen LogP contribution >= 0.6 is 0 Å². The Kier molecular flexibility index (Phi) is 5.38. The predicted molar refractivity (Wildman–Crippen MR) is 78.6 cm³/mol. The molecule has 0 saturated heterocycles. The Morgan fingerprint density at radius 3 is 1.55 bits per heavy atom. The minimum absolute atomic E-state index is 0.165. The third-order valence-corrected chi connectivity index (χ3v) is 1.90. The molecule has 9 nitrogen and oxygen atoms in total. The second kappa shape index (κ2) is 7.26. The molecule has 0 bridgehead atoms. The van der Waals surface area contributed by atoms with Crippen molar-refractivity contribution in [1.29, 1.82) is 0 Å². The third-order valence-electron chi connectivity index (χ3n) is 1.90. The fourth-order valence-electron chi connectivity index (χ4n) is 1.24. The SMILES string of the molecule is NC(N)=NN=Cc1cc(C=O)cc(C=NN=C(N)N)c1. The molecule has 0 spiro atoms. The van der Waals surface area contributed by atoms with Crippen LogP contribution in [0.2, 0.25) is 0 Å². The Labute approximate surface area is 114 Å². The second-order valence-electron chi connectivity index (χ2n) is 3.59. The minimum atomic E-state index is -0.165. The zero-order chi connectivity index (χ0) is 15.0. The summed E-state index contributed by atoms with van der Waals surface area (Å²) in [4.78, 5) is 10.9. The molecular weight excluding hydrogens is 260 g/mol. The van der Waals surface area contributed by atoms with Crippen LogP contribution in [0.5, 0.6) is 0 Å². The Bertz CT molecular complexity index is 548. The normalized spacial score (nSPS) is 10.6. The van der Waals surface area contributed by atoms with Crippen molar-refractivity contribution in [3.8, 4) is 0 Å². The highest BCUT2D eigenvalue weighted by Gasteiger charge is 1.97. The molecule has 0 saturated carbocycles. The van der Waals surface area contributed by atoms with E-state index in [-0.39, 0.29) is 11.9 Å². The Balaban J connectivity index is 3.05. The molecule has 1 aromatic carbocycles. The van der Waals surface area contributed by atoms with Crippen LogP contribution in [0.15, 0.2) is 38.6 Å². The standard InChI is InChI=1S/C11H14N8O/c12-10(13)18-16-4-7-1-8(3-9(2-7)6-20)5-17-19-11(14)15/h1-6H,(H4,12,13,18)(H4,14,15,19). The van der Waals surface area contributed by atoms with Crippen LogP contribution in [0, 0.1) is 0 Å². The second-order valence-corrected chi connectivity index (χ2v) is 3.59. The molecule has 0 aromatic heterocycles. The first kappa shape index (κ1) is 14.8. The molecule has 0 atom stereocenters. The van der Waals surface area contributed by atoms with E-state index in [1.54, 1.807) is 18.2 Å². The molecule has 20 heavy (non-hydrogen) atoms. The lowest BCUT2D eigenvalue weighted by Crippen LogP contribution is -2.21. The van der Waals surface area contributed by atoms with E-state index in [9.17, 15) is 4.79 Å². The number of hydrogen-bond acceptors (Lipinski definition) is 5. The summed E-state index contributed by atoms with van der Waals surface area (Å²) in [6.45, 7) is 0. The van der Waals surface area contributed by atoms with E-state index in [2.05, 4.69) is 20.4 Å². The molecule has 1 rings (SSSR count). The third kappa shape index (κ3) is 5.40. The topological polar surface area (TPSA) is 171 Å². The summed E-state index contributed by atoms with van der Waals surface area (Å²) < 4.78 is 0. The van der Waals surface area contributed by atoms with Gasteiger partial charge in [0.2, 0.25) is 11.9 Å². The number of nitrogens with two attached hydrogens (primary N) is 4. The number of aldehydes is 1. The van der Waals surface area contributed by atoms with Gasteiger partial charge in [0.25, 0.3) is 0 Å². The predicted octanol–water partition coefficient (Wildman–Crippen LogP) is -1.29. The maximum Gasteiger partial charge on any atom is 0.211 e. The highest BCUT2D eigenvalue weighted by atomic mass is 16.1. The van der Waals surface area contributed by atoms with E-state index in [0.29, 0.717) is 23.0 Å². The first-order chi connectivity index (χ1) is 9.51. The van der Waals surface area contributed by atoms with Gasteiger partial charge in [-0.1, -0.05) is 0 Å². The Morgan fingerprint density at radius 2 is 1.20 bits per heavy atom. The number of benzene rings is 1. The molecule has 1 aromatic rings. The fraction of sp³-hybridized carbons (Fsp3) is 0. The highest BCUT2D eigenvalue weighted by molar-refractivity contribution is 5.91. The van der Waals surface area contributed by atoms with Crippen LogP contribution in [0.1, 0.15) is 21.5 Å². The van der Waals surface area contributed by atoms with Gasteiger partial charge in [-0.25, -0.2) is 0 Å². The first-order valence-electron chi connectivity index (χ1n) is 5.35. The van der Waals surface area contributed by atoms with E-state index in [1.165, 1.54) is 12.4 Å². The molecule has 9 heteroatoms. The average molecular weight is 274 g/mol. The molecule has 0 aliphatic carbocycles. The van der Waals surface area contributed by atoms with Crippen LogP contribution in [0.25, 0.3) is 0 Å². The van der Waals surface area contributed by atoms with E-state index >= 15 is 0 Å². The first-order valence-corrected chi connectivity index (χ1v) is 5.35. The van der Waals surface area contributed by atoms with Gasteiger partial charge >= 0.3 is 0 Å². The molecule has 8 N–H and O–H groups in total. The zero-order valence-corrected chi connectivity index (χ0v) is 10.5. The molecule has 0 aliphatic heterocycles. The maximum absolute atomic E-state index is 10.9. The number of nitrogens with zero attached hydrogens (tertiary/aromatic N) is 4. The zero-order valence-electron chi connectivity index (χ0n) is 10.5. The lowest BCUT2D eigenvalue weighted by Gasteiger charge is -1.98. The van der Waals surface area contributed by atoms with E-state index < -0.39 is 0 Å². The minimum Gasteiger partial charge on any atom is -0.369 e. The molecule has 0 fully saturated rings. The summed E-state index contributed by atoms with van der Waals surface area (Å²) in [6, 6.07) is 4.91. The van der Waals surface area contributed by atoms with Crippen molar-refractivity contribution in [3.05, 3.63) is 34.9 Å². The largest absolute Gasteiger partial charge is 0.369 e. The smallest absolute Gasteiger partial charge is 0.211 e. The van der Waals surface area contributed by atoms with Gasteiger partial charge in [0.1, 0.15) is 6.29 Å². The van der Waals surface area contributed by atoms with Gasteiger partial charge in [0, 0.05) is 5.56 Å². The van der Waals surface area contributed by atoms with Gasteiger partial charge in [0.15, 0.2) is 0 Å². The summed E-state index contributed by atoms with van der Waals surface area (Å²) in [6.07, 6.45) is 3.48. The van der Waals surface area contributed by atoms with Crippen LogP contribution in [0.3, 0.4) is 0 Å². The summed E-state index contributed by atoms with van der Waals surface area (Å²) >= 11 is 0. The molecule has 0 unspecified atom stereocenters. The molecular formula is C11H14N8O. The van der Waals surface area contributed by atoms with Crippen molar-refractivity contribution >= 4 is 30.6 Å². The van der Waals surface area contributed by atoms with Crippen molar-refractivity contribution in [2.75, 3.05) is 0 Å².